The number of amides is 2. The Hall–Kier alpha value is -2.63. The quantitative estimate of drug-likeness (QED) is 0.909. The van der Waals surface area contributed by atoms with Gasteiger partial charge in [-0.3, -0.25) is 0 Å². The molecule has 0 aliphatic carbocycles. The number of ether oxygens (including phenoxy) is 1. The van der Waals surface area contributed by atoms with E-state index < -0.39 is 0 Å². The molecule has 2 heterocycles. The largest absolute Gasteiger partial charge is 0.474 e. The van der Waals surface area contributed by atoms with Gasteiger partial charge >= 0.3 is 6.03 Å². The number of hydrogen-bond donors (Lipinski definition) is 1. The molecule has 0 atom stereocenters. The van der Waals surface area contributed by atoms with Crippen LogP contribution in [-0.2, 0) is 5.41 Å². The molecule has 3 rings (SSSR count). The Bertz CT molecular complexity index is 718. The number of aromatic nitrogens is 2. The summed E-state index contributed by atoms with van der Waals surface area (Å²) < 4.78 is 5.84. The maximum atomic E-state index is 12.5. The van der Waals surface area contributed by atoms with Crippen LogP contribution < -0.4 is 10.1 Å². The van der Waals surface area contributed by atoms with Crippen molar-refractivity contribution in [3.63, 3.8) is 0 Å². The van der Waals surface area contributed by atoms with Crippen LogP contribution in [0.15, 0.2) is 42.9 Å². The molecule has 6 nitrogen and oxygen atoms in total. The molecule has 26 heavy (non-hydrogen) atoms. The van der Waals surface area contributed by atoms with E-state index in [1.165, 1.54) is 11.9 Å². The van der Waals surface area contributed by atoms with Crippen molar-refractivity contribution in [2.45, 2.75) is 45.1 Å². The van der Waals surface area contributed by atoms with Crippen LogP contribution in [-0.4, -0.2) is 40.1 Å². The molecule has 6 heteroatoms. The summed E-state index contributed by atoms with van der Waals surface area (Å²) in [6.45, 7) is 7.86. The maximum Gasteiger partial charge on any atom is 0.321 e. The van der Waals surface area contributed by atoms with Crippen LogP contribution in [0.4, 0.5) is 10.5 Å². The van der Waals surface area contributed by atoms with E-state index in [2.05, 4.69) is 48.2 Å². The van der Waals surface area contributed by atoms with E-state index in [0.29, 0.717) is 19.0 Å². The van der Waals surface area contributed by atoms with Crippen molar-refractivity contribution in [2.75, 3.05) is 18.4 Å². The first-order chi connectivity index (χ1) is 12.4. The summed E-state index contributed by atoms with van der Waals surface area (Å²) in [6.07, 6.45) is 4.81. The van der Waals surface area contributed by atoms with Gasteiger partial charge in [-0.15, -0.1) is 0 Å². The lowest BCUT2D eigenvalue weighted by molar-refractivity contribution is 0.111. The van der Waals surface area contributed by atoms with E-state index in [4.69, 9.17) is 4.74 Å². The molecule has 138 valence electrons. The number of anilines is 1. The summed E-state index contributed by atoms with van der Waals surface area (Å²) in [5, 5.41) is 2.98. The molecule has 1 fully saturated rings. The van der Waals surface area contributed by atoms with E-state index in [1.54, 1.807) is 12.3 Å². The van der Waals surface area contributed by atoms with Crippen LogP contribution in [0, 0.1) is 0 Å². The number of urea groups is 1. The average Bonchev–Trinajstić information content (AvgIpc) is 2.63. The smallest absolute Gasteiger partial charge is 0.321 e. The normalized spacial score (nSPS) is 15.6. The molecule has 1 aromatic carbocycles. The molecule has 1 aromatic heterocycles. The zero-order chi connectivity index (χ0) is 18.6. The highest BCUT2D eigenvalue weighted by Gasteiger charge is 2.24. The van der Waals surface area contributed by atoms with E-state index in [-0.39, 0.29) is 17.6 Å². The van der Waals surface area contributed by atoms with E-state index in [1.807, 2.05) is 17.0 Å². The summed E-state index contributed by atoms with van der Waals surface area (Å²) >= 11 is 0. The summed E-state index contributed by atoms with van der Waals surface area (Å²) in [5.41, 5.74) is 2.18. The zero-order valence-electron chi connectivity index (χ0n) is 15.6. The predicted octanol–water partition coefficient (Wildman–Crippen LogP) is 3.85. The maximum absolute atomic E-state index is 12.5. The lowest BCUT2D eigenvalue weighted by Crippen LogP contribution is -2.43. The Morgan fingerprint density at radius 2 is 1.85 bits per heavy atom. The highest BCUT2D eigenvalue weighted by molar-refractivity contribution is 5.89. The van der Waals surface area contributed by atoms with Crippen molar-refractivity contribution >= 4 is 11.7 Å². The lowest BCUT2D eigenvalue weighted by Gasteiger charge is -2.32. The minimum Gasteiger partial charge on any atom is -0.474 e. The Morgan fingerprint density at radius 3 is 2.42 bits per heavy atom. The Balaban J connectivity index is 1.49. The predicted molar refractivity (Wildman–Crippen MR) is 101 cm³/mol. The van der Waals surface area contributed by atoms with Gasteiger partial charge in [-0.25, -0.2) is 14.8 Å². The highest BCUT2D eigenvalue weighted by atomic mass is 16.5. The van der Waals surface area contributed by atoms with Crippen molar-refractivity contribution in [3.05, 3.63) is 48.4 Å². The molecular formula is C20H26N4O2. The van der Waals surface area contributed by atoms with Gasteiger partial charge < -0.3 is 15.0 Å². The van der Waals surface area contributed by atoms with Crippen LogP contribution in [0.3, 0.4) is 0 Å². The van der Waals surface area contributed by atoms with Crippen LogP contribution in [0.25, 0.3) is 0 Å². The molecule has 0 saturated carbocycles. The van der Waals surface area contributed by atoms with Gasteiger partial charge in [-0.2, -0.15) is 0 Å². The van der Waals surface area contributed by atoms with Gasteiger partial charge in [0.2, 0.25) is 5.88 Å². The summed E-state index contributed by atoms with van der Waals surface area (Å²) in [6, 6.07) is 9.75. The highest BCUT2D eigenvalue weighted by Crippen LogP contribution is 2.24. The molecule has 2 aromatic rings. The number of nitrogens with one attached hydrogen (secondary N) is 1. The molecule has 0 bridgehead atoms. The number of likely N-dealkylation sites (tertiary alicyclic amines) is 1. The molecule has 1 N–H and O–H groups in total. The zero-order valence-corrected chi connectivity index (χ0v) is 15.6. The van der Waals surface area contributed by atoms with Gasteiger partial charge in [0.05, 0.1) is 0 Å². The number of nitrogens with zero attached hydrogens (tertiary/aromatic N) is 3. The molecular weight excluding hydrogens is 328 g/mol. The molecule has 0 spiro atoms. The molecule has 0 unspecified atom stereocenters. The monoisotopic (exact) mass is 354 g/mol. The van der Waals surface area contributed by atoms with E-state index in [9.17, 15) is 4.79 Å². The third-order valence-electron chi connectivity index (χ3n) is 4.57. The van der Waals surface area contributed by atoms with E-state index >= 15 is 0 Å². The number of carbonyl (C=O) groups excluding carboxylic acids is 1. The van der Waals surface area contributed by atoms with Crippen LogP contribution in [0.5, 0.6) is 5.88 Å². The summed E-state index contributed by atoms with van der Waals surface area (Å²) in [5.74, 6) is 0.585. The molecule has 1 aliphatic rings. The Kier molecular flexibility index (Phi) is 5.40. The summed E-state index contributed by atoms with van der Waals surface area (Å²) in [4.78, 5) is 22.3. The van der Waals surface area contributed by atoms with Gasteiger partial charge in [0.1, 0.15) is 12.4 Å². The van der Waals surface area contributed by atoms with Gasteiger partial charge in [-0.05, 0) is 23.1 Å². The van der Waals surface area contributed by atoms with Crippen molar-refractivity contribution < 1.29 is 9.53 Å². The third-order valence-corrected chi connectivity index (χ3v) is 4.57. The fourth-order valence-corrected chi connectivity index (χ4v) is 2.95. The minimum atomic E-state index is -0.0611. The number of piperidine rings is 1. The second-order valence-electron chi connectivity index (χ2n) is 7.61. The Labute approximate surface area is 154 Å². The average molecular weight is 354 g/mol. The molecule has 1 aliphatic heterocycles. The molecule has 2 amide bonds. The number of benzene rings is 1. The fourth-order valence-electron chi connectivity index (χ4n) is 2.95. The van der Waals surface area contributed by atoms with Gasteiger partial charge in [0, 0.05) is 43.9 Å². The van der Waals surface area contributed by atoms with E-state index in [0.717, 1.165) is 18.5 Å². The second-order valence-corrected chi connectivity index (χ2v) is 7.61. The van der Waals surface area contributed by atoms with Crippen molar-refractivity contribution in [2.24, 2.45) is 0 Å². The van der Waals surface area contributed by atoms with Crippen LogP contribution >= 0.6 is 0 Å². The lowest BCUT2D eigenvalue weighted by atomic mass is 9.87. The number of rotatable bonds is 3. The Morgan fingerprint density at radius 1 is 1.15 bits per heavy atom. The molecule has 1 saturated heterocycles. The van der Waals surface area contributed by atoms with Crippen molar-refractivity contribution in [3.8, 4) is 5.88 Å². The van der Waals surface area contributed by atoms with Crippen molar-refractivity contribution in [1.29, 1.82) is 0 Å². The number of carbonyl (C=O) groups is 1. The van der Waals surface area contributed by atoms with Gasteiger partial charge in [0.15, 0.2) is 0 Å². The second kappa shape index (κ2) is 7.72. The van der Waals surface area contributed by atoms with Gasteiger partial charge in [0.25, 0.3) is 0 Å². The SMILES string of the molecule is CC(C)(C)c1ccc(NC(=O)N2CCC(Oc3ccncn3)CC2)cc1. The molecule has 0 radical (unpaired) electrons. The summed E-state index contributed by atoms with van der Waals surface area (Å²) in [7, 11) is 0. The van der Waals surface area contributed by atoms with Crippen molar-refractivity contribution in [1.82, 2.24) is 14.9 Å². The first kappa shape index (κ1) is 18.2. The van der Waals surface area contributed by atoms with Crippen LogP contribution in [0.1, 0.15) is 39.2 Å². The topological polar surface area (TPSA) is 67.4 Å². The van der Waals surface area contributed by atoms with Crippen LogP contribution in [0.2, 0.25) is 0 Å². The first-order valence-electron chi connectivity index (χ1n) is 9.01. The first-order valence-corrected chi connectivity index (χ1v) is 9.01. The minimum absolute atomic E-state index is 0.0611. The number of hydrogen-bond acceptors (Lipinski definition) is 4. The third kappa shape index (κ3) is 4.71. The fraction of sp³-hybridized carbons (Fsp3) is 0.450. The van der Waals surface area contributed by atoms with Gasteiger partial charge in [-0.1, -0.05) is 32.9 Å². The standard InChI is InChI=1S/C20H26N4O2/c1-20(2,3)15-4-6-16(7-5-15)23-19(25)24-12-9-17(10-13-24)26-18-8-11-21-14-22-18/h4-8,11,14,17H,9-10,12-13H2,1-3H3,(H,23,25).